The zero-order valence-electron chi connectivity index (χ0n) is 106. The molecule has 10 aliphatic rings. The second kappa shape index (κ2) is 75.5. The highest BCUT2D eigenvalue weighted by molar-refractivity contribution is 4.84. The number of hydrogen-bond acceptors (Lipinski definition) is 14. The van der Waals surface area contributed by atoms with Gasteiger partial charge in [0.15, 0.2) is 0 Å². The molecule has 0 spiro atoms. The summed E-state index contributed by atoms with van der Waals surface area (Å²) in [5.41, 5.74) is 5.46. The molecule has 11 rings (SSSR count). The van der Waals surface area contributed by atoms with Gasteiger partial charge in [-0.2, -0.15) is 0 Å². The molecule has 0 bridgehead atoms. The number of aryl methyl sites for hydroxylation is 1. The third-order valence-electron chi connectivity index (χ3n) is 30.6. The molecular weight excluding hydrogens is 1760 g/mol. The normalized spacial score (nSPS) is 21.7. The molecule has 0 N–H and O–H groups in total. The minimum atomic E-state index is 0.421. The number of hydrogen-bond donors (Lipinski definition) is 0. The minimum Gasteiger partial charge on any atom is -0.337 e. The smallest absolute Gasteiger partial charge is 0.0945 e. The van der Waals surface area contributed by atoms with E-state index in [9.17, 15) is 0 Å². The zero-order chi connectivity index (χ0) is 109. The Morgan fingerprint density at radius 1 is 0.243 bits per heavy atom. The molecule has 0 saturated carbocycles. The maximum Gasteiger partial charge on any atom is 0.0945 e. The minimum absolute atomic E-state index is 0.421. The van der Waals surface area contributed by atoms with Crippen molar-refractivity contribution < 1.29 is 0 Å². The molecule has 144 heavy (non-hydrogen) atoms. The van der Waals surface area contributed by atoms with Crippen LogP contribution in [-0.2, 0) is 6.54 Å². The van der Waals surface area contributed by atoms with Gasteiger partial charge in [0.25, 0.3) is 0 Å². The van der Waals surface area contributed by atoms with Gasteiger partial charge in [-0.25, -0.2) is 4.98 Å². The Morgan fingerprint density at radius 3 is 0.792 bits per heavy atom. The van der Waals surface area contributed by atoms with E-state index >= 15 is 0 Å². The van der Waals surface area contributed by atoms with E-state index in [1.807, 2.05) is 18.7 Å². The van der Waals surface area contributed by atoms with E-state index in [4.69, 9.17) is 0 Å². The lowest BCUT2D eigenvalue weighted by atomic mass is 9.81. The zero-order valence-corrected chi connectivity index (χ0v) is 106. The van der Waals surface area contributed by atoms with Gasteiger partial charge in [-0.3, -0.25) is 0 Å². The second-order valence-corrected chi connectivity index (χ2v) is 61.1. The third-order valence-corrected chi connectivity index (χ3v) is 30.6. The first-order valence-corrected chi connectivity index (χ1v) is 62.0. The average Bonchev–Trinajstić information content (AvgIpc) is 1.16. The molecule has 3 atom stereocenters. The first-order valence-electron chi connectivity index (χ1n) is 62.0. The number of aromatic nitrogens is 2. The van der Waals surface area contributed by atoms with Gasteiger partial charge in [-0.05, 0) is 417 Å². The van der Waals surface area contributed by atoms with Gasteiger partial charge < -0.3 is 68.3 Å². The lowest BCUT2D eigenvalue weighted by Crippen LogP contribution is -2.47. The summed E-state index contributed by atoms with van der Waals surface area (Å²) in [5.74, 6) is 1.90. The Hall–Kier alpha value is -1.31. The van der Waals surface area contributed by atoms with Crippen LogP contribution in [0.2, 0.25) is 0 Å². The van der Waals surface area contributed by atoms with Crippen LogP contribution in [0.3, 0.4) is 0 Å². The standard InChI is InChI=1S/2C14H29N.C13H27N.C12H26N2.2C12H25N.C11H24N2.2C11H23N.C10H22N2.C9H16N2/c1-13(12-14(2,3)4)15-10-8-6-5-7-9-11-15;1-14(2,3)10-9-13-15-11-7-5-4-6-8-12-15;1-13(2,3)9-8-12-14-10-6-4-5-7-11-14;1-12(2,3)6-5-7-14-10-8-13(4)9-11-14;1-12(2,3)8-7-11-13-9-5-4-6-10-13;1-5-13-8-6-7-11(10-13)9-12(2,3)4;1-11(2,3)5-6-13-9-7-12(4)8-10-13;1-11(2,3)8-10-6-5-7-12(4)9-10;1-11(2,3)7-6-10-12-8-4-5-9-12;1-10(2,3)9-12-7-5-11(4)6-8-12;1-9(2,3)4-6-11-7-5-10-8-11/h13H,5-12H2,1-4H3;4-13H2,1-3H3;4-12H2,1-3H3;5-11H2,1-4H3;4-11H2,1-3H3;11H,5-10H2,1-4H3;5-10H2,1-4H3;10H,5-9H2,1-4H3;4-10H2,1-3H3;5-9H2,1-4H3;5,7-8H,4,6H2,1-3H3. The van der Waals surface area contributed by atoms with E-state index in [1.165, 1.54) is 467 Å². The molecule has 860 valence electrons. The van der Waals surface area contributed by atoms with Crippen molar-refractivity contribution in [3.05, 3.63) is 18.7 Å². The van der Waals surface area contributed by atoms with Crippen LogP contribution in [0.15, 0.2) is 18.7 Å². The molecule has 0 aliphatic carbocycles. The summed E-state index contributed by atoms with van der Waals surface area (Å²) in [4.78, 5) is 37.3. The Morgan fingerprint density at radius 2 is 0.507 bits per heavy atom. The topological polar surface area (TPSA) is 59.9 Å². The van der Waals surface area contributed by atoms with Crippen LogP contribution in [-0.4, -0.2) is 330 Å². The molecule has 0 aromatic carbocycles. The highest BCUT2D eigenvalue weighted by Gasteiger charge is 2.29. The SMILES string of the molecule is CC(C)(C)CCCN1CCCC1.CC(C)(C)CCCN1CCCCC1.CC(C)(C)CCCN1CCCCCC1.CC(C)(C)CCCN1CCCCCCC1.CC(C)(C)CCn1ccnc1.CC(CC(C)(C)C)N1CCCCCCC1.CCN1CCCC(CC(C)(C)C)C1.CN1CCCC(CC(C)(C)C)C1.CN1CCN(CC(C)(C)C)CC1.CN1CCN(CCC(C)(C)C)CC1.CN1CCN(CCCC(C)(C)C)CC1. The summed E-state index contributed by atoms with van der Waals surface area (Å²) in [6, 6.07) is 0.767. The average molecular weight is 2030 g/mol. The predicted octanol–water partition coefficient (Wildman–Crippen LogP) is 31.3. The molecule has 15 nitrogen and oxygen atoms in total. The van der Waals surface area contributed by atoms with Crippen molar-refractivity contribution in [1.82, 2.24) is 73.2 Å². The van der Waals surface area contributed by atoms with Gasteiger partial charge >= 0.3 is 0 Å². The predicted molar refractivity (Wildman–Crippen MR) is 647 cm³/mol. The Kier molecular flexibility index (Phi) is 73.8. The van der Waals surface area contributed by atoms with Crippen LogP contribution < -0.4 is 0 Å². The fraction of sp³-hybridized carbons (Fsp3) is 0.977. The van der Waals surface area contributed by atoms with Crippen molar-refractivity contribution in [2.24, 2.45) is 71.4 Å². The van der Waals surface area contributed by atoms with Crippen LogP contribution in [0.5, 0.6) is 0 Å². The second-order valence-electron chi connectivity index (χ2n) is 61.1. The Bertz CT molecular complexity index is 2990. The molecular formula is C129H269N15. The van der Waals surface area contributed by atoms with E-state index in [1.54, 1.807) is 0 Å². The molecule has 1 aromatic heterocycles. The Labute approximate surface area is 907 Å². The van der Waals surface area contributed by atoms with Crippen molar-refractivity contribution in [2.45, 2.75) is 499 Å². The van der Waals surface area contributed by atoms with E-state index < -0.39 is 0 Å². The van der Waals surface area contributed by atoms with Crippen LogP contribution in [0.25, 0.3) is 0 Å². The molecule has 10 aliphatic heterocycles. The monoisotopic (exact) mass is 2030 g/mol. The molecule has 10 saturated heterocycles. The van der Waals surface area contributed by atoms with Crippen molar-refractivity contribution in [3.63, 3.8) is 0 Å². The fourth-order valence-electron chi connectivity index (χ4n) is 22.0. The number of imidazole rings is 1. The van der Waals surface area contributed by atoms with E-state index in [2.05, 4.69) is 344 Å². The van der Waals surface area contributed by atoms with E-state index in [0.717, 1.165) is 24.4 Å². The van der Waals surface area contributed by atoms with Gasteiger partial charge in [-0.15, -0.1) is 0 Å². The summed E-state index contributed by atoms with van der Waals surface area (Å²) < 4.78 is 2.12. The first kappa shape index (κ1) is 141. The summed E-state index contributed by atoms with van der Waals surface area (Å²) in [6.07, 6.45) is 59.0. The van der Waals surface area contributed by atoms with Crippen molar-refractivity contribution in [1.29, 1.82) is 0 Å². The highest BCUT2D eigenvalue weighted by atomic mass is 15.3. The summed E-state index contributed by atoms with van der Waals surface area (Å²) >= 11 is 0. The number of piperidine rings is 3. The van der Waals surface area contributed by atoms with Crippen LogP contribution in [0.1, 0.15) is 486 Å². The molecule has 15 heteroatoms. The van der Waals surface area contributed by atoms with E-state index in [-0.39, 0.29) is 0 Å². The molecule has 11 heterocycles. The van der Waals surface area contributed by atoms with Crippen LogP contribution in [0, 0.1) is 71.4 Å². The fourth-order valence-corrected chi connectivity index (χ4v) is 22.0. The Balaban J connectivity index is 0.000000793. The van der Waals surface area contributed by atoms with Crippen LogP contribution >= 0.6 is 0 Å². The summed E-state index contributed by atoms with van der Waals surface area (Å²) in [7, 11) is 8.87. The van der Waals surface area contributed by atoms with Gasteiger partial charge in [0.2, 0.25) is 0 Å². The highest BCUT2D eigenvalue weighted by Crippen LogP contribution is 2.34. The maximum atomic E-state index is 3.99. The largest absolute Gasteiger partial charge is 0.337 e. The number of nitrogens with zero attached hydrogens (tertiary/aromatic N) is 15. The van der Waals surface area contributed by atoms with Crippen molar-refractivity contribution in [3.8, 4) is 0 Å². The summed E-state index contributed by atoms with van der Waals surface area (Å²) in [6.45, 7) is 127. The quantitative estimate of drug-likeness (QED) is 0.0934. The van der Waals surface area contributed by atoms with Gasteiger partial charge in [0.05, 0.1) is 6.33 Å². The first-order chi connectivity index (χ1) is 66.8. The van der Waals surface area contributed by atoms with Crippen LogP contribution in [0.4, 0.5) is 0 Å². The van der Waals surface area contributed by atoms with Gasteiger partial charge in [0, 0.05) is 123 Å². The van der Waals surface area contributed by atoms with Crippen molar-refractivity contribution in [2.75, 3.05) is 251 Å². The van der Waals surface area contributed by atoms with E-state index in [0.29, 0.717) is 59.6 Å². The van der Waals surface area contributed by atoms with Crippen molar-refractivity contribution >= 4 is 0 Å². The molecule has 3 unspecified atom stereocenters. The number of likely N-dealkylation sites (N-methyl/N-ethyl adjacent to an activating group) is 3. The van der Waals surface area contributed by atoms with Gasteiger partial charge in [-0.1, -0.05) is 293 Å². The maximum absolute atomic E-state index is 3.99. The number of likely N-dealkylation sites (tertiary alicyclic amines) is 7. The molecule has 10 fully saturated rings. The number of piperazine rings is 3. The number of rotatable bonds is 25. The molecule has 0 radical (unpaired) electrons. The molecule has 1 aromatic rings. The third kappa shape index (κ3) is 92.1. The summed E-state index contributed by atoms with van der Waals surface area (Å²) in [5, 5.41) is 0. The van der Waals surface area contributed by atoms with Gasteiger partial charge in [0.1, 0.15) is 0 Å². The lowest BCUT2D eigenvalue weighted by molar-refractivity contribution is 0.117. The lowest BCUT2D eigenvalue weighted by Gasteiger charge is -2.36. The molecule has 0 amide bonds.